The zero-order chi connectivity index (χ0) is 17.7. The summed E-state index contributed by atoms with van der Waals surface area (Å²) in [7, 11) is 0. The molecule has 0 aliphatic carbocycles. The van der Waals surface area contributed by atoms with E-state index >= 15 is 0 Å². The van der Waals surface area contributed by atoms with Crippen molar-refractivity contribution in [3.63, 3.8) is 0 Å². The molecular weight excluding hydrogens is 314 g/mol. The smallest absolute Gasteiger partial charge is 0.227 e. The standard InChI is InChI=1S/C18H24F2N2O2/c1-3-17(23)22-10-6-7-13(11-22)18(24)21(4-2)12-14-15(19)8-5-9-16(14)20/h5,8-9,13H,3-4,6-7,10-12H2,1-2H3/t13-/m0/s1. The van der Waals surface area contributed by atoms with Crippen LogP contribution in [-0.4, -0.2) is 41.2 Å². The molecule has 2 amide bonds. The highest BCUT2D eigenvalue weighted by Crippen LogP contribution is 2.22. The Morgan fingerprint density at radius 2 is 1.92 bits per heavy atom. The first-order valence-electron chi connectivity index (χ1n) is 8.47. The molecule has 0 saturated carbocycles. The van der Waals surface area contributed by atoms with Crippen molar-refractivity contribution in [2.45, 2.75) is 39.7 Å². The SMILES string of the molecule is CCC(=O)N1CCC[C@H](C(=O)N(CC)Cc2c(F)cccc2F)C1. The Labute approximate surface area is 141 Å². The van der Waals surface area contributed by atoms with Gasteiger partial charge in [0.1, 0.15) is 11.6 Å². The molecule has 0 N–H and O–H groups in total. The average Bonchev–Trinajstić information content (AvgIpc) is 2.60. The van der Waals surface area contributed by atoms with Crippen molar-refractivity contribution in [2.24, 2.45) is 5.92 Å². The molecule has 24 heavy (non-hydrogen) atoms. The molecule has 1 heterocycles. The molecule has 0 aromatic heterocycles. The lowest BCUT2D eigenvalue weighted by atomic mass is 9.96. The topological polar surface area (TPSA) is 40.6 Å². The maximum Gasteiger partial charge on any atom is 0.227 e. The fraction of sp³-hybridized carbons (Fsp3) is 0.556. The highest BCUT2D eigenvalue weighted by atomic mass is 19.1. The molecule has 2 rings (SSSR count). The van der Waals surface area contributed by atoms with Gasteiger partial charge in [-0.2, -0.15) is 0 Å². The molecule has 1 aromatic rings. The molecule has 1 atom stereocenters. The summed E-state index contributed by atoms with van der Waals surface area (Å²) in [5, 5.41) is 0. The van der Waals surface area contributed by atoms with E-state index in [0.29, 0.717) is 32.5 Å². The first-order valence-corrected chi connectivity index (χ1v) is 8.47. The van der Waals surface area contributed by atoms with Crippen LogP contribution in [0, 0.1) is 17.6 Å². The van der Waals surface area contributed by atoms with Gasteiger partial charge in [0.15, 0.2) is 0 Å². The van der Waals surface area contributed by atoms with Crippen LogP contribution in [0.5, 0.6) is 0 Å². The lowest BCUT2D eigenvalue weighted by molar-refractivity contribution is -0.141. The van der Waals surface area contributed by atoms with Crippen LogP contribution in [0.3, 0.4) is 0 Å². The number of carbonyl (C=O) groups excluding carboxylic acids is 2. The molecule has 1 aliphatic rings. The second-order valence-corrected chi connectivity index (χ2v) is 6.09. The van der Waals surface area contributed by atoms with E-state index in [4.69, 9.17) is 0 Å². The first-order chi connectivity index (χ1) is 11.5. The third kappa shape index (κ3) is 4.10. The second kappa shape index (κ2) is 8.22. The Morgan fingerprint density at radius 3 is 2.50 bits per heavy atom. The summed E-state index contributed by atoms with van der Waals surface area (Å²) in [6.07, 6.45) is 1.88. The lowest BCUT2D eigenvalue weighted by Crippen LogP contribution is -2.46. The number of amides is 2. The molecule has 1 fully saturated rings. The Hall–Kier alpha value is -1.98. The van der Waals surface area contributed by atoms with Crippen molar-refractivity contribution >= 4 is 11.8 Å². The van der Waals surface area contributed by atoms with Crippen LogP contribution >= 0.6 is 0 Å². The molecule has 0 radical (unpaired) electrons. The summed E-state index contributed by atoms with van der Waals surface area (Å²) in [6, 6.07) is 3.69. The van der Waals surface area contributed by atoms with Crippen LogP contribution in [-0.2, 0) is 16.1 Å². The Kier molecular flexibility index (Phi) is 6.29. The monoisotopic (exact) mass is 338 g/mol. The van der Waals surface area contributed by atoms with Gasteiger partial charge >= 0.3 is 0 Å². The van der Waals surface area contributed by atoms with Crippen molar-refractivity contribution < 1.29 is 18.4 Å². The lowest BCUT2D eigenvalue weighted by Gasteiger charge is -2.34. The van der Waals surface area contributed by atoms with Crippen LogP contribution in [0.25, 0.3) is 0 Å². The van der Waals surface area contributed by atoms with Crippen LogP contribution in [0.4, 0.5) is 8.78 Å². The molecule has 1 aromatic carbocycles. The van der Waals surface area contributed by atoms with Gasteiger partial charge in [-0.15, -0.1) is 0 Å². The number of piperidine rings is 1. The molecule has 0 bridgehead atoms. The first kappa shape index (κ1) is 18.4. The van der Waals surface area contributed by atoms with Gasteiger partial charge in [0, 0.05) is 31.6 Å². The van der Waals surface area contributed by atoms with E-state index in [1.165, 1.54) is 23.1 Å². The minimum absolute atomic E-state index is 0.0377. The van der Waals surface area contributed by atoms with Crippen molar-refractivity contribution in [1.82, 2.24) is 9.80 Å². The molecule has 0 spiro atoms. The Morgan fingerprint density at radius 1 is 1.25 bits per heavy atom. The van der Waals surface area contributed by atoms with E-state index in [0.717, 1.165) is 6.42 Å². The fourth-order valence-electron chi connectivity index (χ4n) is 3.11. The Bertz CT molecular complexity index is 586. The van der Waals surface area contributed by atoms with E-state index < -0.39 is 11.6 Å². The molecule has 4 nitrogen and oxygen atoms in total. The quantitative estimate of drug-likeness (QED) is 0.828. The number of hydrogen-bond acceptors (Lipinski definition) is 2. The van der Waals surface area contributed by atoms with Gasteiger partial charge in [0.2, 0.25) is 11.8 Å². The third-order valence-electron chi connectivity index (χ3n) is 4.53. The van der Waals surface area contributed by atoms with Gasteiger partial charge in [-0.3, -0.25) is 9.59 Å². The van der Waals surface area contributed by atoms with E-state index in [-0.39, 0.29) is 29.8 Å². The zero-order valence-corrected chi connectivity index (χ0v) is 14.2. The molecule has 132 valence electrons. The molecular formula is C18H24F2N2O2. The number of rotatable bonds is 5. The van der Waals surface area contributed by atoms with Crippen molar-refractivity contribution in [2.75, 3.05) is 19.6 Å². The summed E-state index contributed by atoms with van der Waals surface area (Å²) in [6.45, 7) is 4.92. The van der Waals surface area contributed by atoms with E-state index in [1.807, 2.05) is 0 Å². The van der Waals surface area contributed by atoms with Crippen molar-refractivity contribution in [3.05, 3.63) is 35.4 Å². The van der Waals surface area contributed by atoms with Gasteiger partial charge in [-0.05, 0) is 31.9 Å². The maximum absolute atomic E-state index is 13.8. The van der Waals surface area contributed by atoms with Crippen LogP contribution in [0.1, 0.15) is 38.7 Å². The average molecular weight is 338 g/mol. The predicted molar refractivity (Wildman–Crippen MR) is 87.0 cm³/mol. The second-order valence-electron chi connectivity index (χ2n) is 6.09. The largest absolute Gasteiger partial charge is 0.342 e. The van der Waals surface area contributed by atoms with Crippen molar-refractivity contribution in [1.29, 1.82) is 0 Å². The van der Waals surface area contributed by atoms with Crippen LogP contribution in [0.15, 0.2) is 18.2 Å². The summed E-state index contributed by atoms with van der Waals surface area (Å²) in [5.41, 5.74) is -0.0926. The fourth-order valence-corrected chi connectivity index (χ4v) is 3.11. The minimum atomic E-state index is -0.646. The normalized spacial score (nSPS) is 17.7. The number of benzene rings is 1. The van der Waals surface area contributed by atoms with Crippen molar-refractivity contribution in [3.8, 4) is 0 Å². The number of likely N-dealkylation sites (tertiary alicyclic amines) is 1. The zero-order valence-electron chi connectivity index (χ0n) is 14.2. The number of hydrogen-bond donors (Lipinski definition) is 0. The minimum Gasteiger partial charge on any atom is -0.342 e. The van der Waals surface area contributed by atoms with Gasteiger partial charge < -0.3 is 9.80 Å². The molecule has 1 saturated heterocycles. The van der Waals surface area contributed by atoms with Gasteiger partial charge in [0.25, 0.3) is 0 Å². The number of halogens is 2. The summed E-state index contributed by atoms with van der Waals surface area (Å²) >= 11 is 0. The highest BCUT2D eigenvalue weighted by Gasteiger charge is 2.31. The van der Waals surface area contributed by atoms with Gasteiger partial charge in [0.05, 0.1) is 12.5 Å². The van der Waals surface area contributed by atoms with Crippen LogP contribution in [0.2, 0.25) is 0 Å². The van der Waals surface area contributed by atoms with E-state index in [1.54, 1.807) is 18.7 Å². The van der Waals surface area contributed by atoms with Gasteiger partial charge in [-0.1, -0.05) is 13.0 Å². The molecule has 0 unspecified atom stereocenters. The number of carbonyl (C=O) groups is 2. The summed E-state index contributed by atoms with van der Waals surface area (Å²) in [4.78, 5) is 27.8. The summed E-state index contributed by atoms with van der Waals surface area (Å²) in [5.74, 6) is -1.70. The highest BCUT2D eigenvalue weighted by molar-refractivity contribution is 5.81. The Balaban J connectivity index is 2.09. The predicted octanol–water partition coefficient (Wildman–Crippen LogP) is 2.96. The maximum atomic E-state index is 13.8. The third-order valence-corrected chi connectivity index (χ3v) is 4.53. The van der Waals surface area contributed by atoms with E-state index in [2.05, 4.69) is 0 Å². The van der Waals surface area contributed by atoms with Gasteiger partial charge in [-0.25, -0.2) is 8.78 Å². The molecule has 1 aliphatic heterocycles. The summed E-state index contributed by atoms with van der Waals surface area (Å²) < 4.78 is 27.7. The van der Waals surface area contributed by atoms with Crippen LogP contribution < -0.4 is 0 Å². The number of nitrogens with zero attached hydrogens (tertiary/aromatic N) is 2. The van der Waals surface area contributed by atoms with E-state index in [9.17, 15) is 18.4 Å². The molecule has 6 heteroatoms.